The predicted molar refractivity (Wildman–Crippen MR) is 111 cm³/mol. The number of pyridine rings is 1. The number of hydrogen-bond acceptors (Lipinski definition) is 9. The molecule has 0 saturated heterocycles. The van der Waals surface area contributed by atoms with Gasteiger partial charge in [-0.1, -0.05) is 13.8 Å². The van der Waals surface area contributed by atoms with Gasteiger partial charge in [0.05, 0.1) is 12.3 Å². The molecule has 0 amide bonds. The number of fused-ring (bicyclic) bond motifs is 1. The molecule has 1 aliphatic heterocycles. The van der Waals surface area contributed by atoms with Gasteiger partial charge in [0, 0.05) is 11.6 Å². The van der Waals surface area contributed by atoms with Crippen LogP contribution in [0, 0.1) is 34.5 Å². The standard InChI is InChI=1S/C20H21FN8O/c1-10(2)3-4-30-13-6-11(5-12(21)7-13)17-15-16(24)14(8-22)18(25)28-19(15)29-20(27-17)26-9-23/h5-7,10,17H,3-4H2,1-2H3,(H6,24,25,26,27,28,29). The van der Waals surface area contributed by atoms with Crippen LogP contribution in [-0.2, 0) is 0 Å². The number of anilines is 3. The van der Waals surface area contributed by atoms with E-state index in [-0.39, 0.29) is 28.8 Å². The molecule has 6 N–H and O–H groups in total. The van der Waals surface area contributed by atoms with E-state index in [4.69, 9.17) is 21.5 Å². The molecule has 3 rings (SSSR count). The summed E-state index contributed by atoms with van der Waals surface area (Å²) in [6.45, 7) is 4.57. The number of aromatic nitrogens is 1. The van der Waals surface area contributed by atoms with Crippen molar-refractivity contribution in [3.8, 4) is 18.0 Å². The minimum atomic E-state index is -0.833. The number of nitrogens with one attached hydrogen (secondary N) is 2. The monoisotopic (exact) mass is 408 g/mol. The molecule has 2 aromatic rings. The maximum atomic E-state index is 14.4. The molecule has 30 heavy (non-hydrogen) atoms. The molecule has 1 atom stereocenters. The maximum absolute atomic E-state index is 14.4. The van der Waals surface area contributed by atoms with Crippen molar-refractivity contribution >= 4 is 23.3 Å². The van der Waals surface area contributed by atoms with Crippen LogP contribution in [-0.4, -0.2) is 17.6 Å². The summed E-state index contributed by atoms with van der Waals surface area (Å²) in [7, 11) is 0. The largest absolute Gasteiger partial charge is 0.493 e. The van der Waals surface area contributed by atoms with Gasteiger partial charge in [-0.15, -0.1) is 0 Å². The Morgan fingerprint density at radius 2 is 2.07 bits per heavy atom. The first-order valence-electron chi connectivity index (χ1n) is 9.26. The van der Waals surface area contributed by atoms with Crippen LogP contribution in [0.4, 0.5) is 21.7 Å². The number of benzene rings is 1. The lowest BCUT2D eigenvalue weighted by Gasteiger charge is -2.26. The van der Waals surface area contributed by atoms with Crippen molar-refractivity contribution in [1.29, 1.82) is 10.5 Å². The lowest BCUT2D eigenvalue weighted by atomic mass is 9.95. The molecule has 0 aliphatic carbocycles. The number of nitriles is 2. The van der Waals surface area contributed by atoms with Crippen LogP contribution in [0.5, 0.6) is 5.75 Å². The number of ether oxygens (including phenoxy) is 1. The van der Waals surface area contributed by atoms with E-state index < -0.39 is 11.9 Å². The average molecular weight is 408 g/mol. The molecule has 0 saturated carbocycles. The van der Waals surface area contributed by atoms with Crippen molar-refractivity contribution in [3.63, 3.8) is 0 Å². The molecular formula is C20H21FN8O. The third-order valence-electron chi connectivity index (χ3n) is 4.53. The van der Waals surface area contributed by atoms with E-state index in [2.05, 4.69) is 34.5 Å². The molecule has 9 nitrogen and oxygen atoms in total. The summed E-state index contributed by atoms with van der Waals surface area (Å²) in [6, 6.07) is 5.33. The highest BCUT2D eigenvalue weighted by molar-refractivity contribution is 5.98. The van der Waals surface area contributed by atoms with E-state index in [0.29, 0.717) is 29.4 Å². The number of guanidine groups is 1. The molecule has 154 valence electrons. The summed E-state index contributed by atoms with van der Waals surface area (Å²) in [6.07, 6.45) is 2.59. The van der Waals surface area contributed by atoms with Gasteiger partial charge in [-0.05, 0) is 30.0 Å². The first-order chi connectivity index (χ1) is 14.3. The number of nitrogen functional groups attached to an aromatic ring is 2. The van der Waals surface area contributed by atoms with Crippen LogP contribution >= 0.6 is 0 Å². The zero-order valence-electron chi connectivity index (χ0n) is 16.5. The minimum Gasteiger partial charge on any atom is -0.493 e. The van der Waals surface area contributed by atoms with Gasteiger partial charge in [-0.2, -0.15) is 10.5 Å². The summed E-state index contributed by atoms with van der Waals surface area (Å²) in [4.78, 5) is 8.60. The second-order valence-electron chi connectivity index (χ2n) is 7.15. The predicted octanol–water partition coefficient (Wildman–Crippen LogP) is 2.62. The fourth-order valence-corrected chi connectivity index (χ4v) is 3.06. The van der Waals surface area contributed by atoms with Gasteiger partial charge in [0.2, 0.25) is 5.96 Å². The molecule has 0 bridgehead atoms. The number of hydrogen-bond donors (Lipinski definition) is 4. The highest BCUT2D eigenvalue weighted by atomic mass is 19.1. The lowest BCUT2D eigenvalue weighted by Crippen LogP contribution is -2.32. The Labute approximate surface area is 173 Å². The zero-order chi connectivity index (χ0) is 21.8. The summed E-state index contributed by atoms with van der Waals surface area (Å²) >= 11 is 0. The van der Waals surface area contributed by atoms with Gasteiger partial charge < -0.3 is 21.5 Å². The molecule has 0 radical (unpaired) electrons. The van der Waals surface area contributed by atoms with Gasteiger partial charge in [-0.25, -0.2) is 14.4 Å². The molecule has 2 heterocycles. The summed E-state index contributed by atoms with van der Waals surface area (Å²) < 4.78 is 20.1. The molecule has 0 spiro atoms. The van der Waals surface area contributed by atoms with Crippen LogP contribution in [0.3, 0.4) is 0 Å². The molecule has 1 aromatic carbocycles. The number of aliphatic imine (C=N–C) groups is 1. The number of nitrogens with zero attached hydrogens (tertiary/aromatic N) is 4. The fraction of sp³-hybridized carbons (Fsp3) is 0.300. The third kappa shape index (κ3) is 4.18. The van der Waals surface area contributed by atoms with Gasteiger partial charge in [0.15, 0.2) is 6.19 Å². The number of nitrogens with two attached hydrogens (primary N) is 2. The zero-order valence-corrected chi connectivity index (χ0v) is 16.5. The quantitative estimate of drug-likeness (QED) is 0.434. The summed E-state index contributed by atoms with van der Waals surface area (Å²) in [5.74, 6) is 0.540. The van der Waals surface area contributed by atoms with Crippen molar-refractivity contribution < 1.29 is 9.13 Å². The van der Waals surface area contributed by atoms with Crippen LogP contribution in [0.1, 0.15) is 43.0 Å². The third-order valence-corrected chi connectivity index (χ3v) is 4.53. The van der Waals surface area contributed by atoms with E-state index in [1.165, 1.54) is 12.1 Å². The Balaban J connectivity index is 2.10. The van der Waals surface area contributed by atoms with Crippen molar-refractivity contribution in [2.45, 2.75) is 26.3 Å². The molecule has 10 heteroatoms. The van der Waals surface area contributed by atoms with Crippen molar-refractivity contribution in [1.82, 2.24) is 10.3 Å². The van der Waals surface area contributed by atoms with Crippen LogP contribution in [0.2, 0.25) is 0 Å². The molecule has 0 fully saturated rings. The normalized spacial score (nSPS) is 14.7. The fourth-order valence-electron chi connectivity index (χ4n) is 3.06. The Bertz CT molecular complexity index is 1080. The van der Waals surface area contributed by atoms with Gasteiger partial charge in [0.1, 0.15) is 40.9 Å². The Morgan fingerprint density at radius 3 is 2.73 bits per heavy atom. The molecule has 1 aromatic heterocycles. The highest BCUT2D eigenvalue weighted by Crippen LogP contribution is 2.41. The molecular weight excluding hydrogens is 387 g/mol. The van der Waals surface area contributed by atoms with Crippen molar-refractivity contribution in [3.05, 3.63) is 40.7 Å². The van der Waals surface area contributed by atoms with Crippen molar-refractivity contribution in [2.24, 2.45) is 10.9 Å². The second kappa shape index (κ2) is 8.53. The van der Waals surface area contributed by atoms with Crippen LogP contribution in [0.15, 0.2) is 23.2 Å². The molecule has 1 aliphatic rings. The van der Waals surface area contributed by atoms with Gasteiger partial charge in [-0.3, -0.25) is 5.32 Å². The highest BCUT2D eigenvalue weighted by Gasteiger charge is 2.30. The Morgan fingerprint density at radius 1 is 1.30 bits per heavy atom. The SMILES string of the molecule is CC(C)CCOc1cc(F)cc(C2N=C(NC#N)Nc3nc(N)c(C#N)c(N)c32)c1. The first-order valence-corrected chi connectivity index (χ1v) is 9.26. The minimum absolute atomic E-state index is 0.0113. The maximum Gasteiger partial charge on any atom is 0.211 e. The Hall–Kier alpha value is -4.05. The van der Waals surface area contributed by atoms with E-state index in [1.807, 2.05) is 6.07 Å². The average Bonchev–Trinajstić information content (AvgIpc) is 2.67. The summed E-state index contributed by atoms with van der Waals surface area (Å²) in [5, 5.41) is 23.6. The first kappa shape index (κ1) is 20.7. The van der Waals surface area contributed by atoms with Gasteiger partial charge >= 0.3 is 0 Å². The second-order valence-corrected chi connectivity index (χ2v) is 7.15. The smallest absolute Gasteiger partial charge is 0.211 e. The number of halogens is 1. The van der Waals surface area contributed by atoms with E-state index >= 15 is 0 Å². The lowest BCUT2D eigenvalue weighted by molar-refractivity contribution is 0.288. The van der Waals surface area contributed by atoms with E-state index in [0.717, 1.165) is 6.42 Å². The molecule has 1 unspecified atom stereocenters. The van der Waals surface area contributed by atoms with Gasteiger partial charge in [0.25, 0.3) is 0 Å². The van der Waals surface area contributed by atoms with E-state index in [9.17, 15) is 9.65 Å². The van der Waals surface area contributed by atoms with Crippen LogP contribution in [0.25, 0.3) is 0 Å². The van der Waals surface area contributed by atoms with Crippen molar-refractivity contribution in [2.75, 3.05) is 23.4 Å². The number of rotatable bonds is 5. The van der Waals surface area contributed by atoms with E-state index in [1.54, 1.807) is 12.3 Å². The van der Waals surface area contributed by atoms with Crippen LogP contribution < -0.4 is 26.8 Å². The Kier molecular flexibility index (Phi) is 5.88. The summed E-state index contributed by atoms with van der Waals surface area (Å²) in [5.41, 5.74) is 12.9. The topological polar surface area (TPSA) is 158 Å².